The molecule has 3 aromatic rings. The molecule has 0 saturated heterocycles. The number of nitrogens with zero attached hydrogens (tertiary/aromatic N) is 4. The summed E-state index contributed by atoms with van der Waals surface area (Å²) in [6, 6.07) is 11.6. The van der Waals surface area contributed by atoms with Crippen LogP contribution in [-0.2, 0) is 20.3 Å². The standard InChI is InChI=1S/C16H16Cl2N4S2/c1-20(9-11-7-8-14(18)24-11)10-22-16(23)21(2)15(19-22)12-5-3-4-6-13(12)17/h3-8H,9-10H2,1-2H3. The van der Waals surface area contributed by atoms with Crippen LogP contribution in [0.2, 0.25) is 9.36 Å². The van der Waals surface area contributed by atoms with Gasteiger partial charge in [-0.05, 0) is 43.5 Å². The first kappa shape index (κ1) is 17.6. The Kier molecular flexibility index (Phi) is 5.42. The fourth-order valence-corrected chi connectivity index (χ4v) is 4.01. The fourth-order valence-electron chi connectivity index (χ4n) is 2.44. The lowest BCUT2D eigenvalue weighted by Crippen LogP contribution is -2.22. The highest BCUT2D eigenvalue weighted by Crippen LogP contribution is 2.26. The van der Waals surface area contributed by atoms with Gasteiger partial charge in [0.15, 0.2) is 10.6 Å². The van der Waals surface area contributed by atoms with E-state index in [0.29, 0.717) is 16.5 Å². The molecule has 1 aromatic carbocycles. The molecule has 0 fully saturated rings. The van der Waals surface area contributed by atoms with Crippen molar-refractivity contribution in [3.05, 3.63) is 55.4 Å². The molecule has 24 heavy (non-hydrogen) atoms. The molecule has 0 atom stereocenters. The Hall–Kier alpha value is -1.18. The van der Waals surface area contributed by atoms with Crippen LogP contribution in [0, 0.1) is 4.77 Å². The SMILES string of the molecule is CN(Cc1ccc(Cl)s1)Cn1nc(-c2ccccc2Cl)n(C)c1=S. The largest absolute Gasteiger partial charge is 0.303 e. The summed E-state index contributed by atoms with van der Waals surface area (Å²) in [5, 5.41) is 5.32. The Morgan fingerprint density at radius 2 is 1.96 bits per heavy atom. The van der Waals surface area contributed by atoms with Crippen molar-refractivity contribution in [3.8, 4) is 11.4 Å². The van der Waals surface area contributed by atoms with Crippen molar-refractivity contribution in [1.82, 2.24) is 19.2 Å². The molecule has 4 nitrogen and oxygen atoms in total. The van der Waals surface area contributed by atoms with Crippen molar-refractivity contribution in [2.24, 2.45) is 7.05 Å². The topological polar surface area (TPSA) is 26.0 Å². The Balaban J connectivity index is 1.83. The molecular weight excluding hydrogens is 383 g/mol. The highest BCUT2D eigenvalue weighted by molar-refractivity contribution is 7.71. The highest BCUT2D eigenvalue weighted by Gasteiger charge is 2.14. The first-order chi connectivity index (χ1) is 11.5. The van der Waals surface area contributed by atoms with Gasteiger partial charge in [-0.15, -0.1) is 11.3 Å². The van der Waals surface area contributed by atoms with Gasteiger partial charge in [0.2, 0.25) is 0 Å². The third-order valence-electron chi connectivity index (χ3n) is 3.59. The summed E-state index contributed by atoms with van der Waals surface area (Å²) in [4.78, 5) is 3.35. The lowest BCUT2D eigenvalue weighted by atomic mass is 10.2. The maximum atomic E-state index is 6.29. The number of hydrogen-bond acceptors (Lipinski definition) is 4. The maximum absolute atomic E-state index is 6.29. The van der Waals surface area contributed by atoms with Crippen molar-refractivity contribution < 1.29 is 0 Å². The van der Waals surface area contributed by atoms with Gasteiger partial charge >= 0.3 is 0 Å². The minimum atomic E-state index is 0.590. The molecule has 0 aliphatic rings. The van der Waals surface area contributed by atoms with E-state index in [2.05, 4.69) is 10.00 Å². The molecule has 0 radical (unpaired) electrons. The molecule has 2 aromatic heterocycles. The van der Waals surface area contributed by atoms with E-state index in [-0.39, 0.29) is 0 Å². The number of rotatable bonds is 5. The van der Waals surface area contributed by atoms with Crippen LogP contribution in [0.3, 0.4) is 0 Å². The zero-order chi connectivity index (χ0) is 17.3. The zero-order valence-electron chi connectivity index (χ0n) is 13.2. The number of thiophene rings is 1. The first-order valence-electron chi connectivity index (χ1n) is 7.27. The zero-order valence-corrected chi connectivity index (χ0v) is 16.4. The minimum Gasteiger partial charge on any atom is -0.303 e. The van der Waals surface area contributed by atoms with E-state index in [1.165, 1.54) is 4.88 Å². The van der Waals surface area contributed by atoms with Crippen molar-refractivity contribution in [1.29, 1.82) is 0 Å². The first-order valence-corrected chi connectivity index (χ1v) is 9.25. The summed E-state index contributed by atoms with van der Waals surface area (Å²) < 4.78 is 5.14. The van der Waals surface area contributed by atoms with Gasteiger partial charge in [0.05, 0.1) is 16.0 Å². The van der Waals surface area contributed by atoms with E-state index in [9.17, 15) is 0 Å². The molecule has 0 spiro atoms. The second-order valence-corrected chi connectivity index (χ2v) is 8.08. The molecule has 8 heteroatoms. The van der Waals surface area contributed by atoms with E-state index < -0.39 is 0 Å². The van der Waals surface area contributed by atoms with Gasteiger partial charge in [-0.3, -0.25) is 4.90 Å². The monoisotopic (exact) mass is 398 g/mol. The number of hydrogen-bond donors (Lipinski definition) is 0. The van der Waals surface area contributed by atoms with Crippen molar-refractivity contribution in [2.75, 3.05) is 7.05 Å². The second kappa shape index (κ2) is 7.37. The Labute approximate surface area is 159 Å². The highest BCUT2D eigenvalue weighted by atomic mass is 35.5. The van der Waals surface area contributed by atoms with Crippen LogP contribution in [0.15, 0.2) is 36.4 Å². The van der Waals surface area contributed by atoms with E-state index in [1.807, 2.05) is 59.7 Å². The third kappa shape index (κ3) is 3.73. The summed E-state index contributed by atoms with van der Waals surface area (Å²) in [7, 11) is 3.93. The number of aromatic nitrogens is 3. The van der Waals surface area contributed by atoms with Gasteiger partial charge in [0.1, 0.15) is 0 Å². The Bertz CT molecular complexity index is 913. The van der Waals surface area contributed by atoms with Crippen LogP contribution in [0.1, 0.15) is 4.88 Å². The Morgan fingerprint density at radius 3 is 2.62 bits per heavy atom. The summed E-state index contributed by atoms with van der Waals surface area (Å²) in [6.45, 7) is 1.38. The molecule has 0 unspecified atom stereocenters. The molecule has 0 amide bonds. The van der Waals surface area contributed by atoms with Gasteiger partial charge in [0.25, 0.3) is 0 Å². The normalized spacial score (nSPS) is 11.4. The van der Waals surface area contributed by atoms with Gasteiger partial charge < -0.3 is 4.57 Å². The Morgan fingerprint density at radius 1 is 1.21 bits per heavy atom. The average Bonchev–Trinajstić information content (AvgIpc) is 3.06. The summed E-state index contributed by atoms with van der Waals surface area (Å²) >= 11 is 19.4. The van der Waals surface area contributed by atoms with Crippen LogP contribution < -0.4 is 0 Å². The molecule has 0 aliphatic carbocycles. The molecule has 0 bridgehead atoms. The van der Waals surface area contributed by atoms with E-state index in [0.717, 1.165) is 22.3 Å². The van der Waals surface area contributed by atoms with Gasteiger partial charge in [-0.25, -0.2) is 4.68 Å². The molecule has 0 aliphatic heterocycles. The van der Waals surface area contributed by atoms with E-state index in [4.69, 9.17) is 35.4 Å². The molecule has 3 rings (SSSR count). The van der Waals surface area contributed by atoms with E-state index in [1.54, 1.807) is 11.3 Å². The van der Waals surface area contributed by atoms with Gasteiger partial charge in [0, 0.05) is 24.0 Å². The quantitative estimate of drug-likeness (QED) is 0.560. The van der Waals surface area contributed by atoms with Crippen LogP contribution in [0.5, 0.6) is 0 Å². The lowest BCUT2D eigenvalue weighted by Gasteiger charge is -2.15. The molecule has 126 valence electrons. The number of halogens is 2. The summed E-state index contributed by atoms with van der Waals surface area (Å²) in [6.07, 6.45) is 0. The van der Waals surface area contributed by atoms with Crippen molar-refractivity contribution in [2.45, 2.75) is 13.2 Å². The predicted molar refractivity (Wildman–Crippen MR) is 103 cm³/mol. The molecule has 0 saturated carbocycles. The minimum absolute atomic E-state index is 0.590. The maximum Gasteiger partial charge on any atom is 0.199 e. The van der Waals surface area contributed by atoms with Crippen LogP contribution in [0.25, 0.3) is 11.4 Å². The summed E-state index contributed by atoms with van der Waals surface area (Å²) in [5.74, 6) is 0.762. The number of benzene rings is 1. The second-order valence-electron chi connectivity index (χ2n) is 5.51. The molecule has 0 N–H and O–H groups in total. The van der Waals surface area contributed by atoms with Crippen LogP contribution >= 0.6 is 46.8 Å². The van der Waals surface area contributed by atoms with Crippen molar-refractivity contribution in [3.63, 3.8) is 0 Å². The van der Waals surface area contributed by atoms with E-state index >= 15 is 0 Å². The van der Waals surface area contributed by atoms with Gasteiger partial charge in [-0.1, -0.05) is 35.3 Å². The van der Waals surface area contributed by atoms with Crippen molar-refractivity contribution >= 4 is 46.8 Å². The average molecular weight is 399 g/mol. The predicted octanol–water partition coefficient (Wildman–Crippen LogP) is 5.08. The van der Waals surface area contributed by atoms with Gasteiger partial charge in [-0.2, -0.15) is 5.10 Å². The molecule has 2 heterocycles. The lowest BCUT2D eigenvalue weighted by molar-refractivity contribution is 0.246. The van der Waals surface area contributed by atoms with Crippen LogP contribution in [0.4, 0.5) is 0 Å². The summed E-state index contributed by atoms with van der Waals surface area (Å²) in [5.41, 5.74) is 0.874. The third-order valence-corrected chi connectivity index (χ3v) is 5.62. The van der Waals surface area contributed by atoms with Crippen LogP contribution in [-0.4, -0.2) is 26.3 Å². The smallest absolute Gasteiger partial charge is 0.199 e. The molecular formula is C16H16Cl2N4S2. The fraction of sp³-hybridized carbons (Fsp3) is 0.250.